The third kappa shape index (κ3) is 4.97. The second-order valence-electron chi connectivity index (χ2n) is 4.39. The first kappa shape index (κ1) is 15.5. The van der Waals surface area contributed by atoms with Gasteiger partial charge in [-0.15, -0.1) is 0 Å². The van der Waals surface area contributed by atoms with Crippen molar-refractivity contribution in [3.8, 4) is 0 Å². The Morgan fingerprint density at radius 3 is 2.50 bits per heavy atom. The van der Waals surface area contributed by atoms with Crippen LogP contribution < -0.4 is 10.6 Å². The molecule has 1 saturated carbocycles. The van der Waals surface area contributed by atoms with Gasteiger partial charge in [-0.25, -0.2) is 9.59 Å². The summed E-state index contributed by atoms with van der Waals surface area (Å²) in [6.45, 7) is 0.606. The van der Waals surface area contributed by atoms with Gasteiger partial charge in [0.05, 0.1) is 0 Å². The van der Waals surface area contributed by atoms with E-state index >= 15 is 0 Å². The fraction of sp³-hybridized carbons (Fsp3) is 0.818. The van der Waals surface area contributed by atoms with Gasteiger partial charge in [0.1, 0.15) is 6.04 Å². The highest BCUT2D eigenvalue weighted by atomic mass is 32.2. The van der Waals surface area contributed by atoms with Gasteiger partial charge in [-0.2, -0.15) is 23.5 Å². The second kappa shape index (κ2) is 7.13. The van der Waals surface area contributed by atoms with Crippen LogP contribution in [0.3, 0.4) is 0 Å². The summed E-state index contributed by atoms with van der Waals surface area (Å²) in [4.78, 5) is 22.6. The lowest BCUT2D eigenvalue weighted by Crippen LogP contribution is -2.47. The molecule has 1 aliphatic rings. The lowest BCUT2D eigenvalue weighted by atomic mass is 10.2. The molecule has 5 nitrogen and oxygen atoms in total. The van der Waals surface area contributed by atoms with E-state index in [2.05, 4.69) is 10.6 Å². The molecule has 0 aliphatic heterocycles. The maximum atomic E-state index is 11.6. The molecule has 0 aromatic carbocycles. The number of amides is 2. The smallest absolute Gasteiger partial charge is 0.326 e. The van der Waals surface area contributed by atoms with E-state index in [-0.39, 0.29) is 10.8 Å². The zero-order chi connectivity index (χ0) is 13.6. The number of hydrogen-bond acceptors (Lipinski definition) is 4. The van der Waals surface area contributed by atoms with Crippen molar-refractivity contribution in [1.82, 2.24) is 10.6 Å². The molecule has 1 fully saturated rings. The van der Waals surface area contributed by atoms with E-state index in [0.29, 0.717) is 18.7 Å². The SMILES string of the molecule is CSCC[C@H](NC(=O)NCC1(SC)CC1)C(=O)O. The lowest BCUT2D eigenvalue weighted by Gasteiger charge is -2.17. The molecule has 0 aromatic heterocycles. The van der Waals surface area contributed by atoms with E-state index in [1.807, 2.05) is 12.5 Å². The van der Waals surface area contributed by atoms with Crippen LogP contribution in [0.25, 0.3) is 0 Å². The van der Waals surface area contributed by atoms with Crippen LogP contribution in [-0.4, -0.2) is 52.7 Å². The molecule has 0 radical (unpaired) electrons. The van der Waals surface area contributed by atoms with Crippen molar-refractivity contribution < 1.29 is 14.7 Å². The van der Waals surface area contributed by atoms with Crippen molar-refractivity contribution >= 4 is 35.5 Å². The fourth-order valence-electron chi connectivity index (χ4n) is 1.54. The summed E-state index contributed by atoms with van der Waals surface area (Å²) in [7, 11) is 0. The predicted molar refractivity (Wildman–Crippen MR) is 76.4 cm³/mol. The van der Waals surface area contributed by atoms with E-state index in [9.17, 15) is 9.59 Å². The molecule has 0 heterocycles. The Bertz CT molecular complexity index is 309. The second-order valence-corrected chi connectivity index (χ2v) is 6.65. The van der Waals surface area contributed by atoms with Gasteiger partial charge in [0.2, 0.25) is 0 Å². The Hall–Kier alpha value is -0.560. The first-order valence-corrected chi connectivity index (χ1v) is 8.46. The summed E-state index contributed by atoms with van der Waals surface area (Å²) in [5, 5.41) is 14.2. The van der Waals surface area contributed by atoms with Crippen LogP contribution in [0, 0.1) is 0 Å². The van der Waals surface area contributed by atoms with Crippen molar-refractivity contribution in [2.24, 2.45) is 0 Å². The number of carbonyl (C=O) groups is 2. The predicted octanol–water partition coefficient (Wildman–Crippen LogP) is 1.39. The molecule has 0 bridgehead atoms. The van der Waals surface area contributed by atoms with Gasteiger partial charge in [0.15, 0.2) is 0 Å². The van der Waals surface area contributed by atoms with Crippen molar-refractivity contribution in [3.05, 3.63) is 0 Å². The minimum Gasteiger partial charge on any atom is -0.480 e. The highest BCUT2D eigenvalue weighted by Crippen LogP contribution is 2.46. The largest absolute Gasteiger partial charge is 0.480 e. The Labute approximate surface area is 116 Å². The van der Waals surface area contributed by atoms with Crippen molar-refractivity contribution in [2.45, 2.75) is 30.1 Å². The summed E-state index contributed by atoms with van der Waals surface area (Å²) < 4.78 is 0.190. The standard InChI is InChI=1S/C11H20N2O3S2/c1-17-6-3-8(9(14)15)13-10(16)12-7-11(18-2)4-5-11/h8H,3-7H2,1-2H3,(H,14,15)(H2,12,13,16)/t8-/m0/s1. The third-order valence-electron chi connectivity index (χ3n) is 3.03. The van der Waals surface area contributed by atoms with Crippen LogP contribution in [0.5, 0.6) is 0 Å². The van der Waals surface area contributed by atoms with Crippen LogP contribution in [0.2, 0.25) is 0 Å². The first-order chi connectivity index (χ1) is 8.53. The molecule has 0 aromatic rings. The van der Waals surface area contributed by atoms with Crippen molar-refractivity contribution in [2.75, 3.05) is 24.8 Å². The zero-order valence-corrected chi connectivity index (χ0v) is 12.3. The molecule has 1 atom stereocenters. The number of carbonyl (C=O) groups excluding carboxylic acids is 1. The summed E-state index contributed by atoms with van der Waals surface area (Å²) in [5.41, 5.74) is 0. The van der Waals surface area contributed by atoms with Crippen molar-refractivity contribution in [3.63, 3.8) is 0 Å². The maximum Gasteiger partial charge on any atom is 0.326 e. The Morgan fingerprint density at radius 2 is 2.06 bits per heavy atom. The molecule has 7 heteroatoms. The summed E-state index contributed by atoms with van der Waals surface area (Å²) >= 11 is 3.32. The highest BCUT2D eigenvalue weighted by Gasteiger charge is 2.42. The number of carboxylic acid groups (broad SMARTS) is 1. The number of nitrogens with one attached hydrogen (secondary N) is 2. The molecule has 3 N–H and O–H groups in total. The molecule has 104 valence electrons. The van der Waals surface area contributed by atoms with Gasteiger partial charge in [-0.3, -0.25) is 0 Å². The molecule has 2 amide bonds. The van der Waals surface area contributed by atoms with E-state index in [0.717, 1.165) is 12.8 Å². The topological polar surface area (TPSA) is 78.4 Å². The van der Waals surface area contributed by atoms with E-state index in [1.165, 1.54) is 0 Å². The van der Waals surface area contributed by atoms with E-state index < -0.39 is 12.0 Å². The van der Waals surface area contributed by atoms with Crippen LogP contribution >= 0.6 is 23.5 Å². The normalized spacial score (nSPS) is 17.9. The van der Waals surface area contributed by atoms with Gasteiger partial charge in [-0.05, 0) is 37.5 Å². The molecule has 1 rings (SSSR count). The number of urea groups is 1. The Morgan fingerprint density at radius 1 is 1.39 bits per heavy atom. The fourth-order valence-corrected chi connectivity index (χ4v) is 2.73. The van der Waals surface area contributed by atoms with Gasteiger partial charge in [0, 0.05) is 11.3 Å². The molecule has 18 heavy (non-hydrogen) atoms. The van der Waals surface area contributed by atoms with E-state index in [4.69, 9.17) is 5.11 Å². The van der Waals surface area contributed by atoms with Crippen LogP contribution in [0.4, 0.5) is 4.79 Å². The van der Waals surface area contributed by atoms with Crippen LogP contribution in [0.15, 0.2) is 0 Å². The summed E-state index contributed by atoms with van der Waals surface area (Å²) in [6.07, 6.45) is 6.61. The number of thioether (sulfide) groups is 2. The lowest BCUT2D eigenvalue weighted by molar-refractivity contribution is -0.139. The van der Waals surface area contributed by atoms with Gasteiger partial charge >= 0.3 is 12.0 Å². The summed E-state index contributed by atoms with van der Waals surface area (Å²) in [6, 6.07) is -1.19. The molecule has 0 saturated heterocycles. The number of carboxylic acids is 1. The number of aliphatic carboxylic acids is 1. The Balaban J connectivity index is 2.29. The first-order valence-electron chi connectivity index (χ1n) is 5.84. The third-order valence-corrected chi connectivity index (χ3v) is 5.09. The number of hydrogen-bond donors (Lipinski definition) is 3. The molecule has 1 aliphatic carbocycles. The minimum absolute atomic E-state index is 0.190. The molecular formula is C11H20N2O3S2. The monoisotopic (exact) mass is 292 g/mol. The maximum absolute atomic E-state index is 11.6. The average Bonchev–Trinajstić information content (AvgIpc) is 3.12. The van der Waals surface area contributed by atoms with E-state index in [1.54, 1.807) is 23.5 Å². The minimum atomic E-state index is -0.981. The van der Waals surface area contributed by atoms with Gasteiger partial charge in [0.25, 0.3) is 0 Å². The summed E-state index contributed by atoms with van der Waals surface area (Å²) in [5.74, 6) is -0.267. The molecule has 0 unspecified atom stereocenters. The van der Waals surface area contributed by atoms with Crippen LogP contribution in [0.1, 0.15) is 19.3 Å². The van der Waals surface area contributed by atoms with Crippen molar-refractivity contribution in [1.29, 1.82) is 0 Å². The highest BCUT2D eigenvalue weighted by molar-refractivity contribution is 8.00. The molecule has 0 spiro atoms. The molecular weight excluding hydrogens is 272 g/mol. The zero-order valence-electron chi connectivity index (χ0n) is 10.7. The van der Waals surface area contributed by atoms with Gasteiger partial charge in [-0.1, -0.05) is 0 Å². The average molecular weight is 292 g/mol. The Kier molecular flexibility index (Phi) is 6.14. The van der Waals surface area contributed by atoms with Crippen LogP contribution in [-0.2, 0) is 4.79 Å². The number of rotatable bonds is 8. The van der Waals surface area contributed by atoms with Gasteiger partial charge < -0.3 is 15.7 Å². The quantitative estimate of drug-likeness (QED) is 0.630.